The molecule has 0 aliphatic carbocycles. The van der Waals surface area contributed by atoms with Crippen molar-refractivity contribution in [1.82, 2.24) is 4.90 Å². The lowest BCUT2D eigenvalue weighted by atomic mass is 9.96. The normalized spacial score (nSPS) is 24.8. The first kappa shape index (κ1) is 16.3. The lowest BCUT2D eigenvalue weighted by Crippen LogP contribution is -2.46. The number of nitrogens with zero attached hydrogens (tertiary/aromatic N) is 1. The minimum Gasteiger partial charge on any atom is -0.491 e. The number of aliphatic hydroxyl groups excluding tert-OH is 2. The van der Waals surface area contributed by atoms with Crippen LogP contribution in [-0.2, 0) is 6.42 Å². The van der Waals surface area contributed by atoms with E-state index in [1.807, 2.05) is 24.3 Å². The minimum absolute atomic E-state index is 0.284. The molecule has 3 atom stereocenters. The molecule has 3 unspecified atom stereocenters. The second-order valence-electron chi connectivity index (χ2n) is 6.06. The van der Waals surface area contributed by atoms with Gasteiger partial charge in [-0.2, -0.15) is 0 Å². The molecule has 4 nitrogen and oxygen atoms in total. The maximum Gasteiger partial charge on any atom is 0.119 e. The fourth-order valence-corrected chi connectivity index (χ4v) is 2.64. The van der Waals surface area contributed by atoms with E-state index in [4.69, 9.17) is 4.74 Å². The Morgan fingerprint density at radius 3 is 2.67 bits per heavy atom. The molecule has 4 heteroatoms. The van der Waals surface area contributed by atoms with Gasteiger partial charge in [0.15, 0.2) is 0 Å². The summed E-state index contributed by atoms with van der Waals surface area (Å²) in [5, 5.41) is 19.9. The van der Waals surface area contributed by atoms with Crippen molar-refractivity contribution in [3.8, 4) is 5.75 Å². The number of ether oxygens (including phenoxy) is 1. The number of benzene rings is 1. The molecular weight excluding hydrogens is 266 g/mol. The number of piperidine rings is 1. The summed E-state index contributed by atoms with van der Waals surface area (Å²) in [6, 6.07) is 7.98. The van der Waals surface area contributed by atoms with E-state index >= 15 is 0 Å². The number of hydrogen-bond acceptors (Lipinski definition) is 4. The lowest BCUT2D eigenvalue weighted by Gasteiger charge is -2.35. The second kappa shape index (κ2) is 7.78. The van der Waals surface area contributed by atoms with Crippen molar-refractivity contribution in [3.05, 3.63) is 29.8 Å². The van der Waals surface area contributed by atoms with E-state index in [-0.39, 0.29) is 12.7 Å². The van der Waals surface area contributed by atoms with E-state index in [9.17, 15) is 10.2 Å². The fourth-order valence-electron chi connectivity index (χ4n) is 2.64. The average molecular weight is 293 g/mol. The van der Waals surface area contributed by atoms with Gasteiger partial charge in [-0.15, -0.1) is 0 Å². The Hall–Kier alpha value is -1.10. The molecule has 1 aromatic rings. The van der Waals surface area contributed by atoms with Gasteiger partial charge in [-0.3, -0.25) is 4.90 Å². The monoisotopic (exact) mass is 293 g/mol. The summed E-state index contributed by atoms with van der Waals surface area (Å²) in [6.07, 6.45) is 1.18. The number of β-amino-alcohol motifs (C(OH)–C–C–N with tert-alkyl or cyclic N) is 2. The summed E-state index contributed by atoms with van der Waals surface area (Å²) in [5.74, 6) is 1.14. The van der Waals surface area contributed by atoms with E-state index < -0.39 is 6.10 Å². The largest absolute Gasteiger partial charge is 0.491 e. The molecule has 2 N–H and O–H groups in total. The molecule has 2 rings (SSSR count). The summed E-state index contributed by atoms with van der Waals surface area (Å²) in [7, 11) is 0. The Balaban J connectivity index is 1.72. The van der Waals surface area contributed by atoms with Gasteiger partial charge in [-0.1, -0.05) is 26.0 Å². The van der Waals surface area contributed by atoms with E-state index in [1.165, 1.54) is 5.56 Å². The molecule has 1 saturated heterocycles. The highest BCUT2D eigenvalue weighted by Gasteiger charge is 2.25. The van der Waals surface area contributed by atoms with Gasteiger partial charge in [0.1, 0.15) is 18.5 Å². The van der Waals surface area contributed by atoms with Crippen molar-refractivity contribution in [2.75, 3.05) is 26.2 Å². The third-order valence-electron chi connectivity index (χ3n) is 4.25. The highest BCUT2D eigenvalue weighted by molar-refractivity contribution is 5.27. The van der Waals surface area contributed by atoms with Crippen LogP contribution in [0.15, 0.2) is 24.3 Å². The number of aliphatic hydroxyl groups is 2. The highest BCUT2D eigenvalue weighted by atomic mass is 16.5. The van der Waals surface area contributed by atoms with Crippen LogP contribution in [0.1, 0.15) is 25.8 Å². The summed E-state index contributed by atoms with van der Waals surface area (Å²) in [6.45, 7) is 6.60. The van der Waals surface area contributed by atoms with Crippen molar-refractivity contribution >= 4 is 0 Å². The van der Waals surface area contributed by atoms with Crippen molar-refractivity contribution in [3.63, 3.8) is 0 Å². The Morgan fingerprint density at radius 2 is 2.05 bits per heavy atom. The fraction of sp³-hybridized carbons (Fsp3) is 0.647. The van der Waals surface area contributed by atoms with Crippen LogP contribution < -0.4 is 4.74 Å². The van der Waals surface area contributed by atoms with Crippen LogP contribution in [0.2, 0.25) is 0 Å². The van der Waals surface area contributed by atoms with Crippen LogP contribution in [0, 0.1) is 5.92 Å². The smallest absolute Gasteiger partial charge is 0.119 e. The molecule has 0 radical (unpaired) electrons. The molecule has 1 aromatic carbocycles. The van der Waals surface area contributed by atoms with Crippen molar-refractivity contribution in [1.29, 1.82) is 0 Å². The van der Waals surface area contributed by atoms with Crippen LogP contribution in [-0.4, -0.2) is 53.6 Å². The van der Waals surface area contributed by atoms with Gasteiger partial charge in [0, 0.05) is 13.1 Å². The van der Waals surface area contributed by atoms with Crippen LogP contribution in [0.5, 0.6) is 5.75 Å². The quantitative estimate of drug-likeness (QED) is 0.838. The third-order valence-corrected chi connectivity index (χ3v) is 4.25. The summed E-state index contributed by atoms with van der Waals surface area (Å²) < 4.78 is 5.62. The van der Waals surface area contributed by atoms with Crippen LogP contribution >= 0.6 is 0 Å². The average Bonchev–Trinajstić information content (AvgIpc) is 2.49. The number of likely N-dealkylation sites (tertiary alicyclic amines) is 1. The Bertz CT molecular complexity index is 421. The standard InChI is InChI=1S/C17H27NO3/c1-3-14-4-6-16(7-5-14)21-12-15(19)10-18-9-8-13(2)17(20)11-18/h4-7,13,15,17,19-20H,3,8-12H2,1-2H3. The molecule has 1 aliphatic heterocycles. The van der Waals surface area contributed by atoms with Gasteiger partial charge in [-0.25, -0.2) is 0 Å². The molecule has 0 amide bonds. The zero-order valence-electron chi connectivity index (χ0n) is 13.0. The van der Waals surface area contributed by atoms with Crippen LogP contribution in [0.4, 0.5) is 0 Å². The van der Waals surface area contributed by atoms with Gasteiger partial charge in [0.2, 0.25) is 0 Å². The van der Waals surface area contributed by atoms with E-state index in [0.29, 0.717) is 19.0 Å². The lowest BCUT2D eigenvalue weighted by molar-refractivity contribution is 0.000141. The Morgan fingerprint density at radius 1 is 1.33 bits per heavy atom. The molecule has 0 bridgehead atoms. The maximum atomic E-state index is 10.1. The molecule has 1 fully saturated rings. The minimum atomic E-state index is -0.531. The first-order valence-corrected chi connectivity index (χ1v) is 7.88. The number of rotatable bonds is 6. The summed E-state index contributed by atoms with van der Waals surface area (Å²) in [4.78, 5) is 2.11. The molecule has 0 spiro atoms. The third kappa shape index (κ3) is 4.99. The van der Waals surface area contributed by atoms with Crippen molar-refractivity contribution in [2.45, 2.75) is 38.9 Å². The van der Waals surface area contributed by atoms with Gasteiger partial charge >= 0.3 is 0 Å². The zero-order chi connectivity index (χ0) is 15.2. The predicted molar refractivity (Wildman–Crippen MR) is 83.5 cm³/mol. The first-order chi connectivity index (χ1) is 10.1. The molecular formula is C17H27NO3. The van der Waals surface area contributed by atoms with E-state index in [2.05, 4.69) is 18.7 Å². The van der Waals surface area contributed by atoms with Gasteiger partial charge in [0.25, 0.3) is 0 Å². The van der Waals surface area contributed by atoms with Crippen molar-refractivity contribution < 1.29 is 14.9 Å². The van der Waals surface area contributed by atoms with E-state index in [0.717, 1.165) is 25.1 Å². The molecule has 21 heavy (non-hydrogen) atoms. The SMILES string of the molecule is CCc1ccc(OCC(O)CN2CCC(C)C(O)C2)cc1. The molecule has 118 valence electrons. The Kier molecular flexibility index (Phi) is 6.03. The molecule has 1 heterocycles. The van der Waals surface area contributed by atoms with Crippen LogP contribution in [0.25, 0.3) is 0 Å². The van der Waals surface area contributed by atoms with Gasteiger partial charge in [-0.05, 0) is 43.0 Å². The molecule has 0 aromatic heterocycles. The molecule has 1 aliphatic rings. The Labute approximate surface area is 127 Å². The highest BCUT2D eigenvalue weighted by Crippen LogP contribution is 2.17. The van der Waals surface area contributed by atoms with Gasteiger partial charge in [0.05, 0.1) is 6.10 Å². The van der Waals surface area contributed by atoms with E-state index in [1.54, 1.807) is 0 Å². The van der Waals surface area contributed by atoms with Gasteiger partial charge < -0.3 is 14.9 Å². The van der Waals surface area contributed by atoms with Crippen molar-refractivity contribution in [2.24, 2.45) is 5.92 Å². The van der Waals surface area contributed by atoms with Crippen LogP contribution in [0.3, 0.4) is 0 Å². The summed E-state index contributed by atoms with van der Waals surface area (Å²) in [5.41, 5.74) is 1.28. The second-order valence-corrected chi connectivity index (χ2v) is 6.06. The number of hydrogen-bond donors (Lipinski definition) is 2. The number of aryl methyl sites for hydroxylation is 1. The molecule has 0 saturated carbocycles. The first-order valence-electron chi connectivity index (χ1n) is 7.88. The predicted octanol–water partition coefficient (Wildman–Crippen LogP) is 1.69. The zero-order valence-corrected chi connectivity index (χ0v) is 13.0. The summed E-state index contributed by atoms with van der Waals surface area (Å²) >= 11 is 0. The topological polar surface area (TPSA) is 52.9 Å². The maximum absolute atomic E-state index is 10.1.